The van der Waals surface area contributed by atoms with Gasteiger partial charge in [0, 0.05) is 38.7 Å². The Balaban J connectivity index is 1.59. The first kappa shape index (κ1) is 29.1. The normalized spacial score (nSPS) is 18.2. The minimum absolute atomic E-state index is 0.00120. The molecule has 220 valence electrons. The number of hydrogen-bond acceptors (Lipinski definition) is 5. The van der Waals surface area contributed by atoms with E-state index < -0.39 is 71.6 Å². The van der Waals surface area contributed by atoms with E-state index in [-0.39, 0.29) is 39.2 Å². The number of fused-ring (bicyclic) bond motifs is 1. The molecule has 3 aromatic carbocycles. The lowest BCUT2D eigenvalue weighted by Crippen LogP contribution is -2.27. The lowest BCUT2D eigenvalue weighted by molar-refractivity contribution is -0.149. The maximum atomic E-state index is 14.1. The Kier molecular flexibility index (Phi) is 7.25. The number of anilines is 2. The van der Waals surface area contributed by atoms with Gasteiger partial charge >= 0.3 is 12.4 Å². The van der Waals surface area contributed by atoms with Gasteiger partial charge in [0.15, 0.2) is 6.04 Å². The van der Waals surface area contributed by atoms with Gasteiger partial charge in [-0.05, 0) is 48.5 Å². The van der Waals surface area contributed by atoms with Crippen LogP contribution in [0, 0.1) is 11.6 Å². The van der Waals surface area contributed by atoms with Crippen LogP contribution in [0.2, 0.25) is 5.02 Å². The molecule has 2 aliphatic heterocycles. The Morgan fingerprint density at radius 2 is 1.74 bits per heavy atom. The van der Waals surface area contributed by atoms with Crippen LogP contribution in [0.4, 0.5) is 46.5 Å². The number of nitrogens with one attached hydrogen (secondary N) is 3. The molecule has 0 aliphatic carbocycles. The summed E-state index contributed by atoms with van der Waals surface area (Å²) >= 11 is 6.23. The largest absolute Gasteiger partial charge is 0.462 e. The zero-order valence-electron chi connectivity index (χ0n) is 20.6. The van der Waals surface area contributed by atoms with Gasteiger partial charge < -0.3 is 20.7 Å². The van der Waals surface area contributed by atoms with Gasteiger partial charge in [0.25, 0.3) is 17.8 Å². The van der Waals surface area contributed by atoms with Crippen LogP contribution in [-0.4, -0.2) is 36.7 Å². The summed E-state index contributed by atoms with van der Waals surface area (Å²) in [7, 11) is 0. The SMILES string of the molecule is O=C(Nc1cc(NC2=N[C@H](C(F)(F)F)CO2)cc2c1[C@@H](c1cc(F)ccc1Cl)NC2=O)c1cc(F)cc(C(F)(F)F)c1. The van der Waals surface area contributed by atoms with Gasteiger partial charge in [-0.1, -0.05) is 11.6 Å². The second kappa shape index (κ2) is 10.5. The second-order valence-electron chi connectivity index (χ2n) is 9.17. The molecule has 2 aliphatic rings. The molecule has 2 amide bonds. The van der Waals surface area contributed by atoms with Crippen LogP contribution in [-0.2, 0) is 10.9 Å². The van der Waals surface area contributed by atoms with Gasteiger partial charge in [-0.2, -0.15) is 26.3 Å². The maximum absolute atomic E-state index is 14.1. The summed E-state index contributed by atoms with van der Waals surface area (Å²) in [5, 5.41) is 7.35. The molecule has 0 aromatic heterocycles. The zero-order chi connectivity index (χ0) is 30.6. The predicted octanol–water partition coefficient (Wildman–Crippen LogP) is 6.45. The lowest BCUT2D eigenvalue weighted by Gasteiger charge is -2.19. The number of aliphatic imine (C=N–C) groups is 1. The standard InChI is InChI=1S/C26H15ClF8N4O3/c27-17-2-1-12(28)6-15(17)21-20-16(23(41)39-21)7-14(36-24-38-19(9-42-24)26(33,34)35)8-18(20)37-22(40)10-3-11(25(30,31)32)5-13(29)4-10/h1-8,19,21H,9H2,(H,36,38)(H,37,40)(H,39,41)/t19-,21+/m0/s1. The second-order valence-corrected chi connectivity index (χ2v) is 9.57. The van der Waals surface area contributed by atoms with E-state index in [1.165, 1.54) is 12.1 Å². The summed E-state index contributed by atoms with van der Waals surface area (Å²) in [4.78, 5) is 29.4. The van der Waals surface area contributed by atoms with Crippen LogP contribution < -0.4 is 16.0 Å². The molecule has 0 saturated carbocycles. The van der Waals surface area contributed by atoms with Crippen molar-refractivity contribution < 1.29 is 49.4 Å². The Morgan fingerprint density at radius 1 is 1.00 bits per heavy atom. The first-order valence-corrected chi connectivity index (χ1v) is 12.1. The van der Waals surface area contributed by atoms with Crippen molar-refractivity contribution in [1.82, 2.24) is 5.32 Å². The van der Waals surface area contributed by atoms with Crippen molar-refractivity contribution in [2.45, 2.75) is 24.4 Å². The molecule has 42 heavy (non-hydrogen) atoms. The first-order valence-electron chi connectivity index (χ1n) is 11.8. The lowest BCUT2D eigenvalue weighted by atomic mass is 9.95. The van der Waals surface area contributed by atoms with Crippen molar-refractivity contribution in [3.63, 3.8) is 0 Å². The third-order valence-electron chi connectivity index (χ3n) is 6.27. The van der Waals surface area contributed by atoms with Crippen molar-refractivity contribution >= 4 is 40.8 Å². The highest BCUT2D eigenvalue weighted by molar-refractivity contribution is 6.31. The summed E-state index contributed by atoms with van der Waals surface area (Å²) in [5.74, 6) is -4.07. The van der Waals surface area contributed by atoms with Crippen LogP contribution in [0.5, 0.6) is 0 Å². The van der Waals surface area contributed by atoms with E-state index in [4.69, 9.17) is 16.3 Å². The summed E-state index contributed by atoms with van der Waals surface area (Å²) in [6, 6.07) is 2.86. The first-order chi connectivity index (χ1) is 19.6. The molecule has 2 atom stereocenters. The molecule has 0 bridgehead atoms. The van der Waals surface area contributed by atoms with Gasteiger partial charge in [-0.3, -0.25) is 9.59 Å². The number of carbonyl (C=O) groups excluding carboxylic acids is 2. The number of amides is 2. The number of nitrogens with zero attached hydrogens (tertiary/aromatic N) is 1. The average Bonchev–Trinajstić information content (AvgIpc) is 3.49. The van der Waals surface area contributed by atoms with Gasteiger partial charge in [0.05, 0.1) is 11.6 Å². The Labute approximate surface area is 235 Å². The highest BCUT2D eigenvalue weighted by Gasteiger charge is 2.44. The van der Waals surface area contributed by atoms with Crippen LogP contribution in [0.15, 0.2) is 53.5 Å². The number of halogens is 9. The number of ether oxygens (including phenoxy) is 1. The third kappa shape index (κ3) is 5.82. The quantitative estimate of drug-likeness (QED) is 0.293. The van der Waals surface area contributed by atoms with Crippen molar-refractivity contribution in [3.8, 4) is 0 Å². The average molecular weight is 619 g/mol. The Hall–Kier alpha value is -4.40. The molecule has 3 N–H and O–H groups in total. The third-order valence-corrected chi connectivity index (χ3v) is 6.62. The predicted molar refractivity (Wildman–Crippen MR) is 133 cm³/mol. The van der Waals surface area contributed by atoms with Crippen molar-refractivity contribution in [1.29, 1.82) is 0 Å². The summed E-state index contributed by atoms with van der Waals surface area (Å²) in [5.41, 5.74) is -2.62. The summed E-state index contributed by atoms with van der Waals surface area (Å²) < 4.78 is 112. The molecule has 7 nitrogen and oxygen atoms in total. The minimum Gasteiger partial charge on any atom is -0.462 e. The molecule has 0 unspecified atom stereocenters. The molecule has 0 radical (unpaired) electrons. The van der Waals surface area contributed by atoms with E-state index in [1.54, 1.807) is 0 Å². The molecule has 2 heterocycles. The Morgan fingerprint density at radius 3 is 2.40 bits per heavy atom. The van der Waals surface area contributed by atoms with E-state index in [2.05, 4.69) is 20.9 Å². The summed E-state index contributed by atoms with van der Waals surface area (Å²) in [6.07, 6.45) is -9.67. The number of carbonyl (C=O) groups is 2. The summed E-state index contributed by atoms with van der Waals surface area (Å²) in [6.45, 7) is -0.817. The Bertz CT molecular complexity index is 1640. The van der Waals surface area contributed by atoms with Crippen LogP contribution in [0.3, 0.4) is 0 Å². The van der Waals surface area contributed by atoms with E-state index in [0.717, 1.165) is 18.2 Å². The van der Waals surface area contributed by atoms with Crippen molar-refractivity contribution in [3.05, 3.63) is 93.0 Å². The zero-order valence-corrected chi connectivity index (χ0v) is 21.3. The van der Waals surface area contributed by atoms with E-state index in [1.807, 2.05) is 0 Å². The highest BCUT2D eigenvalue weighted by Crippen LogP contribution is 2.41. The fourth-order valence-electron chi connectivity index (χ4n) is 4.39. The van der Waals surface area contributed by atoms with Gasteiger partial charge in [-0.25, -0.2) is 13.8 Å². The molecular formula is C26H15ClF8N4O3. The monoisotopic (exact) mass is 618 g/mol. The minimum atomic E-state index is -4.98. The molecule has 0 saturated heterocycles. The number of alkyl halides is 6. The van der Waals surface area contributed by atoms with Crippen LogP contribution in [0.1, 0.15) is 43.4 Å². The molecule has 3 aromatic rings. The van der Waals surface area contributed by atoms with Crippen LogP contribution >= 0.6 is 11.6 Å². The van der Waals surface area contributed by atoms with Gasteiger partial charge in [0.1, 0.15) is 18.2 Å². The van der Waals surface area contributed by atoms with Crippen molar-refractivity contribution in [2.24, 2.45) is 4.99 Å². The van der Waals surface area contributed by atoms with Crippen molar-refractivity contribution in [2.75, 3.05) is 17.2 Å². The molecule has 5 rings (SSSR count). The van der Waals surface area contributed by atoms with Crippen LogP contribution in [0.25, 0.3) is 0 Å². The van der Waals surface area contributed by atoms with E-state index >= 15 is 0 Å². The number of rotatable bonds is 4. The molecule has 16 heteroatoms. The van der Waals surface area contributed by atoms with Gasteiger partial charge in [0.2, 0.25) is 0 Å². The van der Waals surface area contributed by atoms with E-state index in [9.17, 15) is 44.7 Å². The fraction of sp³-hybridized carbons (Fsp3) is 0.192. The topological polar surface area (TPSA) is 91.8 Å². The fourth-order valence-corrected chi connectivity index (χ4v) is 4.62. The molecule has 0 spiro atoms. The smallest absolute Gasteiger partial charge is 0.416 e. The molecule has 0 fully saturated rings. The molecular weight excluding hydrogens is 604 g/mol. The number of hydrogen-bond donors (Lipinski definition) is 3. The highest BCUT2D eigenvalue weighted by atomic mass is 35.5. The number of amidine groups is 1. The number of benzene rings is 3. The van der Waals surface area contributed by atoms with Gasteiger partial charge in [-0.15, -0.1) is 0 Å². The maximum Gasteiger partial charge on any atom is 0.416 e. The van der Waals surface area contributed by atoms with E-state index in [0.29, 0.717) is 12.1 Å².